The average molecular weight is 342 g/mol. The molecule has 2 N–H and O–H groups in total. The molecule has 1 aliphatic rings. The van der Waals surface area contributed by atoms with Crippen LogP contribution in [0.25, 0.3) is 11.4 Å². The number of rotatable bonds is 5. The number of aliphatic hydroxyl groups excluding tert-OH is 1. The Balaban J connectivity index is 1.87. The molecule has 1 saturated carbocycles. The number of aliphatic hydroxyl groups is 1. The number of non-ortho nitro benzene ring substituents is 1. The van der Waals surface area contributed by atoms with Gasteiger partial charge >= 0.3 is 0 Å². The molecule has 0 aliphatic heterocycles. The van der Waals surface area contributed by atoms with E-state index in [1.807, 2.05) is 13.0 Å². The fraction of sp³-hybridized carbons (Fsp3) is 0.444. The van der Waals surface area contributed by atoms with Gasteiger partial charge < -0.3 is 10.4 Å². The van der Waals surface area contributed by atoms with Crippen LogP contribution in [0.2, 0.25) is 0 Å². The Morgan fingerprint density at radius 1 is 1.36 bits per heavy atom. The summed E-state index contributed by atoms with van der Waals surface area (Å²) in [7, 11) is 0. The van der Waals surface area contributed by atoms with E-state index in [-0.39, 0.29) is 23.8 Å². The number of hydrogen-bond donors (Lipinski definition) is 2. The number of nitrogens with one attached hydrogen (secondary N) is 1. The minimum Gasteiger partial charge on any atom is -0.396 e. The van der Waals surface area contributed by atoms with Gasteiger partial charge in [0.05, 0.1) is 11.5 Å². The number of nitrogens with zero attached hydrogens (tertiary/aromatic N) is 3. The summed E-state index contributed by atoms with van der Waals surface area (Å²) >= 11 is 0. The first-order valence-electron chi connectivity index (χ1n) is 8.39. The number of nitro groups is 1. The number of anilines is 1. The number of hydrogen-bond acceptors (Lipinski definition) is 6. The Hall–Kier alpha value is -2.54. The molecule has 132 valence electrons. The zero-order valence-electron chi connectivity index (χ0n) is 14.4. The molecule has 0 radical (unpaired) electrons. The molecule has 1 fully saturated rings. The van der Waals surface area contributed by atoms with Gasteiger partial charge in [-0.05, 0) is 31.9 Å². The van der Waals surface area contributed by atoms with Crippen LogP contribution in [0.5, 0.6) is 0 Å². The molecule has 0 spiro atoms. The van der Waals surface area contributed by atoms with Crippen molar-refractivity contribution in [2.45, 2.75) is 39.2 Å². The third-order valence-corrected chi connectivity index (χ3v) is 4.96. The summed E-state index contributed by atoms with van der Waals surface area (Å²) in [5.74, 6) is 1.24. The molecule has 1 aromatic heterocycles. The summed E-state index contributed by atoms with van der Waals surface area (Å²) in [6, 6.07) is 8.26. The third kappa shape index (κ3) is 3.61. The Kier molecular flexibility index (Phi) is 4.67. The summed E-state index contributed by atoms with van der Waals surface area (Å²) in [4.78, 5) is 19.4. The van der Waals surface area contributed by atoms with Gasteiger partial charge in [-0.2, -0.15) is 0 Å². The lowest BCUT2D eigenvalue weighted by Crippen LogP contribution is -2.36. The van der Waals surface area contributed by atoms with Crippen molar-refractivity contribution >= 4 is 11.5 Å². The second kappa shape index (κ2) is 6.76. The molecular weight excluding hydrogens is 320 g/mol. The van der Waals surface area contributed by atoms with Gasteiger partial charge in [0.15, 0.2) is 5.82 Å². The van der Waals surface area contributed by atoms with Crippen LogP contribution >= 0.6 is 0 Å². The van der Waals surface area contributed by atoms with E-state index < -0.39 is 4.92 Å². The van der Waals surface area contributed by atoms with E-state index in [1.165, 1.54) is 12.1 Å². The van der Waals surface area contributed by atoms with Crippen molar-refractivity contribution in [1.82, 2.24) is 9.97 Å². The van der Waals surface area contributed by atoms with Crippen molar-refractivity contribution < 1.29 is 10.0 Å². The SMILES string of the molecule is Cc1cc(N[C@@H]2CCC[C@@]2(C)CO)nc(-c2ccc([N+](=O)[O-])cc2)n1. The van der Waals surface area contributed by atoms with Crippen LogP contribution in [-0.2, 0) is 0 Å². The second-order valence-corrected chi connectivity index (χ2v) is 6.92. The van der Waals surface area contributed by atoms with Crippen molar-refractivity contribution in [1.29, 1.82) is 0 Å². The van der Waals surface area contributed by atoms with Crippen molar-refractivity contribution in [3.8, 4) is 11.4 Å². The average Bonchev–Trinajstić information content (AvgIpc) is 2.96. The molecule has 0 saturated heterocycles. The molecule has 0 amide bonds. The minimum absolute atomic E-state index is 0.0411. The van der Waals surface area contributed by atoms with Gasteiger partial charge in [-0.15, -0.1) is 0 Å². The van der Waals surface area contributed by atoms with E-state index in [1.54, 1.807) is 12.1 Å². The maximum absolute atomic E-state index is 10.8. The summed E-state index contributed by atoms with van der Waals surface area (Å²) in [6.45, 7) is 4.12. The molecule has 7 heteroatoms. The molecule has 2 atom stereocenters. The fourth-order valence-corrected chi connectivity index (χ4v) is 3.35. The van der Waals surface area contributed by atoms with Crippen LogP contribution in [0.1, 0.15) is 31.9 Å². The van der Waals surface area contributed by atoms with Crippen LogP contribution in [0.15, 0.2) is 30.3 Å². The lowest BCUT2D eigenvalue weighted by molar-refractivity contribution is -0.384. The molecule has 1 aliphatic carbocycles. The van der Waals surface area contributed by atoms with E-state index in [0.717, 1.165) is 30.5 Å². The highest BCUT2D eigenvalue weighted by molar-refractivity contribution is 5.59. The summed E-state index contributed by atoms with van der Waals surface area (Å²) in [5.41, 5.74) is 1.44. The summed E-state index contributed by atoms with van der Waals surface area (Å²) in [6.07, 6.45) is 3.06. The van der Waals surface area contributed by atoms with Crippen molar-refractivity contribution in [3.05, 3.63) is 46.1 Å². The Labute approximate surface area is 146 Å². The monoisotopic (exact) mass is 342 g/mol. The topological polar surface area (TPSA) is 101 Å². The van der Waals surface area contributed by atoms with Crippen LogP contribution < -0.4 is 5.32 Å². The van der Waals surface area contributed by atoms with Gasteiger partial charge in [0, 0.05) is 40.9 Å². The molecule has 2 aromatic rings. The Morgan fingerprint density at radius 3 is 2.72 bits per heavy atom. The number of aryl methyl sites for hydroxylation is 1. The zero-order chi connectivity index (χ0) is 18.0. The number of benzene rings is 1. The minimum atomic E-state index is -0.427. The molecule has 1 aromatic carbocycles. The Bertz CT molecular complexity index is 778. The van der Waals surface area contributed by atoms with Crippen LogP contribution in [-0.4, -0.2) is 32.6 Å². The van der Waals surface area contributed by atoms with Crippen molar-refractivity contribution in [2.75, 3.05) is 11.9 Å². The van der Waals surface area contributed by atoms with Crippen LogP contribution in [0.4, 0.5) is 11.5 Å². The van der Waals surface area contributed by atoms with Crippen LogP contribution in [0.3, 0.4) is 0 Å². The fourth-order valence-electron chi connectivity index (χ4n) is 3.35. The smallest absolute Gasteiger partial charge is 0.269 e. The van der Waals surface area contributed by atoms with E-state index in [9.17, 15) is 15.2 Å². The zero-order valence-corrected chi connectivity index (χ0v) is 14.4. The first-order chi connectivity index (χ1) is 11.9. The molecule has 25 heavy (non-hydrogen) atoms. The number of aromatic nitrogens is 2. The summed E-state index contributed by atoms with van der Waals surface area (Å²) in [5, 5.41) is 23.9. The highest BCUT2D eigenvalue weighted by atomic mass is 16.6. The first-order valence-corrected chi connectivity index (χ1v) is 8.39. The van der Waals surface area contributed by atoms with Gasteiger partial charge in [-0.25, -0.2) is 9.97 Å². The number of nitro benzene ring substituents is 1. The molecular formula is C18H22N4O3. The quantitative estimate of drug-likeness (QED) is 0.638. The first kappa shape index (κ1) is 17.3. The van der Waals surface area contributed by atoms with Gasteiger partial charge in [-0.1, -0.05) is 13.3 Å². The van der Waals surface area contributed by atoms with Crippen LogP contribution in [0, 0.1) is 22.5 Å². The largest absolute Gasteiger partial charge is 0.396 e. The summed E-state index contributed by atoms with van der Waals surface area (Å²) < 4.78 is 0. The third-order valence-electron chi connectivity index (χ3n) is 4.96. The molecule has 3 rings (SSSR count). The highest BCUT2D eigenvalue weighted by Gasteiger charge is 2.38. The van der Waals surface area contributed by atoms with Crippen molar-refractivity contribution in [3.63, 3.8) is 0 Å². The van der Waals surface area contributed by atoms with Gasteiger partial charge in [-0.3, -0.25) is 10.1 Å². The maximum Gasteiger partial charge on any atom is 0.269 e. The predicted octanol–water partition coefficient (Wildman–Crippen LogP) is 3.32. The molecule has 1 heterocycles. The Morgan fingerprint density at radius 2 is 2.08 bits per heavy atom. The van der Waals surface area contributed by atoms with Gasteiger partial charge in [0.1, 0.15) is 5.82 Å². The molecule has 7 nitrogen and oxygen atoms in total. The highest BCUT2D eigenvalue weighted by Crippen LogP contribution is 2.39. The van der Waals surface area contributed by atoms with Gasteiger partial charge in [0.25, 0.3) is 5.69 Å². The maximum atomic E-state index is 10.8. The lowest BCUT2D eigenvalue weighted by Gasteiger charge is -2.30. The second-order valence-electron chi connectivity index (χ2n) is 6.92. The normalized spacial score (nSPS) is 22.8. The molecule has 0 bridgehead atoms. The van der Waals surface area contributed by atoms with E-state index in [2.05, 4.69) is 22.2 Å². The predicted molar refractivity (Wildman–Crippen MR) is 95.3 cm³/mol. The molecule has 0 unspecified atom stereocenters. The van der Waals surface area contributed by atoms with E-state index in [4.69, 9.17) is 0 Å². The standard InChI is InChI=1S/C18H22N4O3/c1-12-10-16(20-15-4-3-9-18(15,2)11-23)21-17(19-12)13-5-7-14(8-6-13)22(24)25/h5-8,10,15,23H,3-4,9,11H2,1-2H3,(H,19,20,21)/t15-,18+/m1/s1. The van der Waals surface area contributed by atoms with E-state index in [0.29, 0.717) is 11.6 Å². The van der Waals surface area contributed by atoms with Gasteiger partial charge in [0.2, 0.25) is 0 Å². The van der Waals surface area contributed by atoms with E-state index >= 15 is 0 Å². The van der Waals surface area contributed by atoms with Crippen molar-refractivity contribution in [2.24, 2.45) is 5.41 Å². The lowest BCUT2D eigenvalue weighted by atomic mass is 9.86.